The lowest BCUT2D eigenvalue weighted by Gasteiger charge is -2.24. The topological polar surface area (TPSA) is 29.9 Å². The molecule has 1 aliphatic carbocycles. The Morgan fingerprint density at radius 2 is 1.95 bits per heavy atom. The molecule has 1 N–H and O–H groups in total. The number of rotatable bonds is 3. The van der Waals surface area contributed by atoms with Crippen molar-refractivity contribution < 1.29 is 0 Å². The summed E-state index contributed by atoms with van der Waals surface area (Å²) in [5.74, 6) is 0.973. The molecule has 0 atom stereocenters. The molecule has 1 aliphatic rings. The molecule has 21 heavy (non-hydrogen) atoms. The molecule has 1 saturated carbocycles. The van der Waals surface area contributed by atoms with Crippen LogP contribution in [0.3, 0.4) is 0 Å². The Labute approximate surface area is 134 Å². The highest BCUT2D eigenvalue weighted by Gasteiger charge is 2.17. The van der Waals surface area contributed by atoms with E-state index in [-0.39, 0.29) is 0 Å². The molecular weight excluding hydrogens is 326 g/mol. The second kappa shape index (κ2) is 6.22. The quantitative estimate of drug-likeness (QED) is 0.846. The first-order valence-corrected chi connectivity index (χ1v) is 8.52. The molecule has 0 aliphatic heterocycles. The molecule has 2 aromatic rings. The van der Waals surface area contributed by atoms with Crippen LogP contribution in [0.2, 0.25) is 0 Å². The Kier molecular flexibility index (Phi) is 4.34. The predicted octanol–water partition coefficient (Wildman–Crippen LogP) is 5.00. The maximum Gasteiger partial charge on any atom is 0.207 e. The fraction of sp³-hybridized carbons (Fsp3) is 0.471. The molecular formula is C17H22BrN3. The molecule has 0 bridgehead atoms. The molecule has 1 aromatic heterocycles. The van der Waals surface area contributed by atoms with Gasteiger partial charge in [-0.1, -0.05) is 41.3 Å². The fourth-order valence-corrected chi connectivity index (χ4v) is 3.40. The Morgan fingerprint density at radius 1 is 1.19 bits per heavy atom. The van der Waals surface area contributed by atoms with Gasteiger partial charge in [0, 0.05) is 16.7 Å². The van der Waals surface area contributed by atoms with Crippen LogP contribution in [0.4, 0.5) is 5.95 Å². The van der Waals surface area contributed by atoms with E-state index in [2.05, 4.69) is 69.0 Å². The van der Waals surface area contributed by atoms with Gasteiger partial charge in [0.1, 0.15) is 0 Å². The smallest absolute Gasteiger partial charge is 0.207 e. The van der Waals surface area contributed by atoms with Gasteiger partial charge in [0.2, 0.25) is 5.95 Å². The molecule has 0 saturated heterocycles. The zero-order valence-corrected chi connectivity index (χ0v) is 14.3. The van der Waals surface area contributed by atoms with Crippen molar-refractivity contribution in [1.82, 2.24) is 9.55 Å². The first kappa shape index (κ1) is 14.6. The molecule has 0 spiro atoms. The van der Waals surface area contributed by atoms with E-state index in [1.54, 1.807) is 0 Å². The molecule has 0 amide bonds. The first-order chi connectivity index (χ1) is 10.1. The largest absolute Gasteiger partial charge is 0.353 e. The number of hydrogen-bond acceptors (Lipinski definition) is 2. The van der Waals surface area contributed by atoms with E-state index >= 15 is 0 Å². The second-order valence-corrected chi connectivity index (χ2v) is 6.90. The number of halogens is 1. The maximum atomic E-state index is 4.69. The van der Waals surface area contributed by atoms with E-state index in [9.17, 15) is 0 Å². The number of nitrogens with zero attached hydrogens (tertiary/aromatic N) is 2. The molecule has 4 heteroatoms. The molecule has 0 radical (unpaired) electrons. The molecule has 3 nitrogen and oxygen atoms in total. The summed E-state index contributed by atoms with van der Waals surface area (Å²) < 4.78 is 3.28. The van der Waals surface area contributed by atoms with Crippen LogP contribution in [0, 0.1) is 13.8 Å². The first-order valence-electron chi connectivity index (χ1n) is 7.72. The standard InChI is InChI=1S/C17H22BrN3/c1-12-8-9-14(18)10-16(12)21-11-13(2)19-17(21)20-15-6-4-3-5-7-15/h8-11,15H,3-7H2,1-2H3,(H,19,20). The number of nitrogens with one attached hydrogen (secondary N) is 1. The van der Waals surface area contributed by atoms with Crippen molar-refractivity contribution in [3.8, 4) is 5.69 Å². The number of imidazole rings is 1. The van der Waals surface area contributed by atoms with Crippen LogP contribution in [0.25, 0.3) is 5.69 Å². The van der Waals surface area contributed by atoms with Crippen LogP contribution in [0.15, 0.2) is 28.9 Å². The number of aryl methyl sites for hydroxylation is 2. The van der Waals surface area contributed by atoms with Gasteiger partial charge < -0.3 is 5.32 Å². The van der Waals surface area contributed by atoms with Gasteiger partial charge >= 0.3 is 0 Å². The SMILES string of the molecule is Cc1cn(-c2cc(Br)ccc2C)c(NC2CCCCC2)n1. The predicted molar refractivity (Wildman–Crippen MR) is 91.2 cm³/mol. The lowest BCUT2D eigenvalue weighted by molar-refractivity contribution is 0.460. The molecule has 1 aromatic carbocycles. The van der Waals surface area contributed by atoms with Gasteiger partial charge in [-0.2, -0.15) is 0 Å². The van der Waals surface area contributed by atoms with Gasteiger partial charge in [-0.05, 0) is 44.4 Å². The number of anilines is 1. The highest BCUT2D eigenvalue weighted by atomic mass is 79.9. The van der Waals surface area contributed by atoms with Crippen LogP contribution in [0.5, 0.6) is 0 Å². The maximum absolute atomic E-state index is 4.69. The fourth-order valence-electron chi connectivity index (χ4n) is 3.05. The summed E-state index contributed by atoms with van der Waals surface area (Å²) in [6.45, 7) is 4.19. The average molecular weight is 348 g/mol. The summed E-state index contributed by atoms with van der Waals surface area (Å²) in [5.41, 5.74) is 3.48. The number of benzene rings is 1. The summed E-state index contributed by atoms with van der Waals surface area (Å²) >= 11 is 3.57. The van der Waals surface area contributed by atoms with E-state index < -0.39 is 0 Å². The van der Waals surface area contributed by atoms with Gasteiger partial charge in [0.05, 0.1) is 11.4 Å². The van der Waals surface area contributed by atoms with Crippen LogP contribution >= 0.6 is 15.9 Å². The van der Waals surface area contributed by atoms with Crippen molar-refractivity contribution >= 4 is 21.9 Å². The van der Waals surface area contributed by atoms with Crippen molar-refractivity contribution in [2.24, 2.45) is 0 Å². The summed E-state index contributed by atoms with van der Waals surface area (Å²) in [4.78, 5) is 4.69. The van der Waals surface area contributed by atoms with Crippen LogP contribution in [-0.4, -0.2) is 15.6 Å². The molecule has 1 fully saturated rings. The zero-order valence-electron chi connectivity index (χ0n) is 12.7. The van der Waals surface area contributed by atoms with Crippen LogP contribution < -0.4 is 5.32 Å². The Morgan fingerprint density at radius 3 is 2.71 bits per heavy atom. The zero-order chi connectivity index (χ0) is 14.8. The second-order valence-electron chi connectivity index (χ2n) is 5.99. The van der Waals surface area contributed by atoms with E-state index in [1.807, 2.05) is 0 Å². The summed E-state index contributed by atoms with van der Waals surface area (Å²) in [5, 5.41) is 3.65. The van der Waals surface area contributed by atoms with Gasteiger partial charge in [-0.15, -0.1) is 0 Å². The monoisotopic (exact) mass is 347 g/mol. The third-order valence-corrected chi connectivity index (χ3v) is 4.69. The average Bonchev–Trinajstić information content (AvgIpc) is 2.83. The van der Waals surface area contributed by atoms with E-state index in [0.29, 0.717) is 6.04 Å². The minimum atomic E-state index is 0.562. The molecule has 1 heterocycles. The van der Waals surface area contributed by atoms with Gasteiger partial charge in [-0.25, -0.2) is 4.98 Å². The van der Waals surface area contributed by atoms with Crippen LogP contribution in [-0.2, 0) is 0 Å². The summed E-state index contributed by atoms with van der Waals surface area (Å²) in [6.07, 6.45) is 8.64. The highest BCUT2D eigenvalue weighted by molar-refractivity contribution is 9.10. The lowest BCUT2D eigenvalue weighted by Crippen LogP contribution is -2.24. The van der Waals surface area contributed by atoms with Crippen molar-refractivity contribution in [3.63, 3.8) is 0 Å². The Hall–Kier alpha value is -1.29. The van der Waals surface area contributed by atoms with Gasteiger partial charge in [-0.3, -0.25) is 4.57 Å². The van der Waals surface area contributed by atoms with Crippen molar-refractivity contribution in [2.45, 2.75) is 52.0 Å². The minimum Gasteiger partial charge on any atom is -0.353 e. The van der Waals surface area contributed by atoms with E-state index in [4.69, 9.17) is 0 Å². The third-order valence-electron chi connectivity index (χ3n) is 4.20. The van der Waals surface area contributed by atoms with Crippen molar-refractivity contribution in [1.29, 1.82) is 0 Å². The molecule has 3 rings (SSSR count). The Bertz CT molecular complexity index is 627. The molecule has 0 unspecified atom stereocenters. The normalized spacial score (nSPS) is 16.1. The molecule has 112 valence electrons. The summed E-state index contributed by atoms with van der Waals surface area (Å²) in [6, 6.07) is 6.94. The lowest BCUT2D eigenvalue weighted by atomic mass is 9.96. The Balaban J connectivity index is 1.93. The van der Waals surface area contributed by atoms with Crippen molar-refractivity contribution in [3.05, 3.63) is 40.1 Å². The van der Waals surface area contributed by atoms with Crippen molar-refractivity contribution in [2.75, 3.05) is 5.32 Å². The number of hydrogen-bond donors (Lipinski definition) is 1. The van der Waals surface area contributed by atoms with E-state index in [1.165, 1.54) is 43.4 Å². The number of aromatic nitrogens is 2. The van der Waals surface area contributed by atoms with Crippen LogP contribution in [0.1, 0.15) is 43.4 Å². The van der Waals surface area contributed by atoms with Gasteiger partial charge in [0.15, 0.2) is 0 Å². The minimum absolute atomic E-state index is 0.562. The highest BCUT2D eigenvalue weighted by Crippen LogP contribution is 2.26. The summed E-state index contributed by atoms with van der Waals surface area (Å²) in [7, 11) is 0. The third kappa shape index (κ3) is 3.31. The van der Waals surface area contributed by atoms with E-state index in [0.717, 1.165) is 16.1 Å². The van der Waals surface area contributed by atoms with Gasteiger partial charge in [0.25, 0.3) is 0 Å².